The van der Waals surface area contributed by atoms with Crippen molar-refractivity contribution < 1.29 is 5.11 Å². The highest BCUT2D eigenvalue weighted by molar-refractivity contribution is 7.11. The lowest BCUT2D eigenvalue weighted by Gasteiger charge is -2.27. The molecule has 0 amide bonds. The minimum Gasteiger partial charge on any atom is -0.396 e. The Hall–Kier alpha value is -0.450. The summed E-state index contributed by atoms with van der Waals surface area (Å²) in [7, 11) is 2.19. The predicted octanol–water partition coefficient (Wildman–Crippen LogP) is 2.19. The van der Waals surface area contributed by atoms with Crippen molar-refractivity contribution in [1.29, 1.82) is 0 Å². The van der Waals surface area contributed by atoms with Crippen molar-refractivity contribution in [3.05, 3.63) is 15.6 Å². The summed E-state index contributed by atoms with van der Waals surface area (Å²) in [6.45, 7) is 4.76. The molecule has 1 aromatic heterocycles. The van der Waals surface area contributed by atoms with Crippen LogP contribution in [0.5, 0.6) is 0 Å². The van der Waals surface area contributed by atoms with Crippen LogP contribution in [-0.2, 0) is 6.42 Å². The number of nitrogens with zero attached hydrogens (tertiary/aromatic N) is 2. The van der Waals surface area contributed by atoms with E-state index in [1.807, 2.05) is 11.3 Å². The molecule has 2 rings (SSSR count). The monoisotopic (exact) mass is 254 g/mol. The molecule has 4 heteroatoms. The first-order valence-electron chi connectivity index (χ1n) is 6.46. The molecular formula is C13H22N2OS. The molecule has 0 aliphatic carbocycles. The number of aliphatic hydroxyl groups is 1. The number of aryl methyl sites for hydroxylation is 2. The molecule has 0 atom stereocenters. The number of rotatable bonds is 4. The highest BCUT2D eigenvalue weighted by atomic mass is 32.1. The summed E-state index contributed by atoms with van der Waals surface area (Å²) in [5.74, 6) is 0.665. The second kappa shape index (κ2) is 5.94. The van der Waals surface area contributed by atoms with Crippen molar-refractivity contribution in [2.45, 2.75) is 38.5 Å². The van der Waals surface area contributed by atoms with Crippen LogP contribution in [0.2, 0.25) is 0 Å². The fourth-order valence-electron chi connectivity index (χ4n) is 2.35. The summed E-state index contributed by atoms with van der Waals surface area (Å²) in [5, 5.41) is 10.2. The minimum absolute atomic E-state index is 0.279. The molecule has 1 N–H and O–H groups in total. The topological polar surface area (TPSA) is 36.4 Å². The molecule has 2 heterocycles. The van der Waals surface area contributed by atoms with Gasteiger partial charge in [-0.3, -0.25) is 0 Å². The van der Waals surface area contributed by atoms with Crippen molar-refractivity contribution in [2.24, 2.45) is 0 Å². The van der Waals surface area contributed by atoms with Crippen LogP contribution in [-0.4, -0.2) is 41.7 Å². The molecule has 0 bridgehead atoms. The number of piperidine rings is 1. The Labute approximate surface area is 107 Å². The van der Waals surface area contributed by atoms with E-state index in [-0.39, 0.29) is 6.61 Å². The smallest absolute Gasteiger partial charge is 0.0962 e. The molecule has 1 saturated heterocycles. The van der Waals surface area contributed by atoms with Gasteiger partial charge in [0.2, 0.25) is 0 Å². The Balaban J connectivity index is 2.01. The van der Waals surface area contributed by atoms with Gasteiger partial charge in [-0.15, -0.1) is 11.3 Å². The van der Waals surface area contributed by atoms with Gasteiger partial charge in [-0.25, -0.2) is 4.98 Å². The van der Waals surface area contributed by atoms with Gasteiger partial charge >= 0.3 is 0 Å². The zero-order chi connectivity index (χ0) is 12.3. The lowest BCUT2D eigenvalue weighted by Crippen LogP contribution is -2.29. The normalized spacial score (nSPS) is 18.8. The SMILES string of the molecule is Cc1nc(C2CCN(C)CC2)sc1CCCO. The second-order valence-electron chi connectivity index (χ2n) is 4.97. The van der Waals surface area contributed by atoms with Crippen LogP contribution in [0, 0.1) is 6.92 Å². The number of thiazole rings is 1. The van der Waals surface area contributed by atoms with Crippen LogP contribution in [0.15, 0.2) is 0 Å². The molecule has 1 aromatic rings. The zero-order valence-electron chi connectivity index (χ0n) is 10.8. The molecule has 1 aliphatic heterocycles. The molecule has 1 aliphatic rings. The van der Waals surface area contributed by atoms with Gasteiger partial charge in [0, 0.05) is 17.4 Å². The number of aliphatic hydroxyl groups excluding tert-OH is 1. The summed E-state index contributed by atoms with van der Waals surface area (Å²) in [4.78, 5) is 8.49. The van der Waals surface area contributed by atoms with Crippen LogP contribution >= 0.6 is 11.3 Å². The van der Waals surface area contributed by atoms with Crippen molar-refractivity contribution in [1.82, 2.24) is 9.88 Å². The molecule has 0 radical (unpaired) electrons. The van der Waals surface area contributed by atoms with Crippen LogP contribution < -0.4 is 0 Å². The maximum Gasteiger partial charge on any atom is 0.0962 e. The fourth-order valence-corrected chi connectivity index (χ4v) is 3.63. The van der Waals surface area contributed by atoms with E-state index < -0.39 is 0 Å². The predicted molar refractivity (Wildman–Crippen MR) is 71.7 cm³/mol. The highest BCUT2D eigenvalue weighted by Crippen LogP contribution is 2.32. The number of aromatic nitrogens is 1. The first-order valence-corrected chi connectivity index (χ1v) is 7.28. The standard InChI is InChI=1S/C13H22N2OS/c1-10-12(4-3-9-16)17-13(14-10)11-5-7-15(2)8-6-11/h11,16H,3-9H2,1-2H3. The summed E-state index contributed by atoms with van der Waals surface area (Å²) < 4.78 is 0. The Morgan fingerprint density at radius 2 is 2.12 bits per heavy atom. The quantitative estimate of drug-likeness (QED) is 0.895. The Morgan fingerprint density at radius 3 is 2.76 bits per heavy atom. The molecule has 1 fully saturated rings. The largest absolute Gasteiger partial charge is 0.396 e. The van der Waals surface area contributed by atoms with Gasteiger partial charge in [0.05, 0.1) is 10.7 Å². The summed E-state index contributed by atoms with van der Waals surface area (Å²) in [6.07, 6.45) is 4.31. The van der Waals surface area contributed by atoms with Gasteiger partial charge in [-0.2, -0.15) is 0 Å². The Kier molecular flexibility index (Phi) is 4.54. The van der Waals surface area contributed by atoms with Crippen molar-refractivity contribution in [2.75, 3.05) is 26.7 Å². The maximum atomic E-state index is 8.88. The first-order chi connectivity index (χ1) is 8.20. The third-order valence-electron chi connectivity index (χ3n) is 3.54. The summed E-state index contributed by atoms with van der Waals surface area (Å²) in [6, 6.07) is 0. The third-order valence-corrected chi connectivity index (χ3v) is 4.92. The Bertz CT molecular complexity index is 356. The average molecular weight is 254 g/mol. The summed E-state index contributed by atoms with van der Waals surface area (Å²) >= 11 is 1.87. The maximum absolute atomic E-state index is 8.88. The van der Waals surface area contributed by atoms with E-state index in [2.05, 4.69) is 18.9 Å². The van der Waals surface area contributed by atoms with Gasteiger partial charge in [0.15, 0.2) is 0 Å². The van der Waals surface area contributed by atoms with Crippen molar-refractivity contribution in [3.8, 4) is 0 Å². The van der Waals surface area contributed by atoms with Gasteiger partial charge in [-0.1, -0.05) is 0 Å². The first kappa shape index (κ1) is 13.0. The van der Waals surface area contributed by atoms with Gasteiger partial charge in [0.1, 0.15) is 0 Å². The molecule has 0 spiro atoms. The molecule has 0 unspecified atom stereocenters. The van der Waals surface area contributed by atoms with E-state index in [1.54, 1.807) is 0 Å². The highest BCUT2D eigenvalue weighted by Gasteiger charge is 2.22. The zero-order valence-corrected chi connectivity index (χ0v) is 11.6. The van der Waals surface area contributed by atoms with E-state index >= 15 is 0 Å². The van der Waals surface area contributed by atoms with Crippen LogP contribution in [0.1, 0.15) is 40.8 Å². The molecule has 17 heavy (non-hydrogen) atoms. The van der Waals surface area contributed by atoms with Crippen LogP contribution in [0.3, 0.4) is 0 Å². The summed E-state index contributed by atoms with van der Waals surface area (Å²) in [5.41, 5.74) is 1.18. The third kappa shape index (κ3) is 3.27. The molecule has 0 saturated carbocycles. The van der Waals surface area contributed by atoms with E-state index in [0.717, 1.165) is 12.8 Å². The van der Waals surface area contributed by atoms with Crippen molar-refractivity contribution in [3.63, 3.8) is 0 Å². The second-order valence-corrected chi connectivity index (χ2v) is 6.08. The van der Waals surface area contributed by atoms with Crippen LogP contribution in [0.4, 0.5) is 0 Å². The van der Waals surface area contributed by atoms with E-state index in [0.29, 0.717) is 5.92 Å². The lowest BCUT2D eigenvalue weighted by molar-refractivity contribution is 0.255. The van der Waals surface area contributed by atoms with Crippen LogP contribution in [0.25, 0.3) is 0 Å². The van der Waals surface area contributed by atoms with E-state index in [9.17, 15) is 0 Å². The molecule has 0 aromatic carbocycles. The fraction of sp³-hybridized carbons (Fsp3) is 0.769. The number of likely N-dealkylation sites (tertiary alicyclic amines) is 1. The van der Waals surface area contributed by atoms with Gasteiger partial charge < -0.3 is 10.0 Å². The van der Waals surface area contributed by atoms with E-state index in [1.165, 1.54) is 41.5 Å². The average Bonchev–Trinajstić information content (AvgIpc) is 2.69. The minimum atomic E-state index is 0.279. The van der Waals surface area contributed by atoms with Crippen molar-refractivity contribution >= 4 is 11.3 Å². The van der Waals surface area contributed by atoms with E-state index in [4.69, 9.17) is 10.1 Å². The van der Waals surface area contributed by atoms with Gasteiger partial charge in [0.25, 0.3) is 0 Å². The Morgan fingerprint density at radius 1 is 1.41 bits per heavy atom. The molecular weight excluding hydrogens is 232 g/mol. The van der Waals surface area contributed by atoms with Gasteiger partial charge in [-0.05, 0) is 52.7 Å². The lowest BCUT2D eigenvalue weighted by atomic mass is 9.98. The number of hydrogen-bond donors (Lipinski definition) is 1. The molecule has 96 valence electrons. The molecule has 3 nitrogen and oxygen atoms in total. The number of hydrogen-bond acceptors (Lipinski definition) is 4.